The maximum absolute atomic E-state index is 5.47. The Labute approximate surface area is 320 Å². The van der Waals surface area contributed by atoms with Crippen LogP contribution in [0.2, 0.25) is 0 Å². The molecule has 4 unspecified atom stereocenters. The van der Waals surface area contributed by atoms with Crippen molar-refractivity contribution in [3.63, 3.8) is 0 Å². The summed E-state index contributed by atoms with van der Waals surface area (Å²) >= 11 is 0. The SMILES string of the molecule is CC1CC2CC(C)N(c3ccccc3-c3nc(-n4c5ccccc5c5ccccc54)nc(-n4c5ccccc5c5cc(-c6ccccc6)ccc54)n3)C(C1)C2. The molecule has 9 aromatic rings. The van der Waals surface area contributed by atoms with E-state index in [0.717, 1.165) is 39.5 Å². The van der Waals surface area contributed by atoms with Gasteiger partial charge in [-0.15, -0.1) is 0 Å². The van der Waals surface area contributed by atoms with Crippen molar-refractivity contribution < 1.29 is 0 Å². The Kier molecular flexibility index (Phi) is 7.41. The standard InChI is InChI=1S/C49H42N6/c1-31-26-33-28-32(2)53(36(27-31)29-33)45-23-13-9-19-40(45)47-50-48(54-42-20-10-6-16-37(42)38-17-7-11-21-43(38)54)52-49(51-47)55-44-22-12-8-18-39(44)41-30-35(24-25-46(41)55)34-14-4-3-5-15-34/h3-25,30-33,36H,26-29H2,1-2H3. The Morgan fingerprint density at radius 3 is 1.71 bits per heavy atom. The van der Waals surface area contributed by atoms with Crippen LogP contribution in [0.25, 0.3) is 78.0 Å². The molecular weight excluding hydrogens is 673 g/mol. The first-order chi connectivity index (χ1) is 27.1. The van der Waals surface area contributed by atoms with Gasteiger partial charge < -0.3 is 4.90 Å². The summed E-state index contributed by atoms with van der Waals surface area (Å²) in [5, 5.41) is 4.69. The van der Waals surface area contributed by atoms with Crippen molar-refractivity contribution in [3.8, 4) is 34.4 Å². The van der Waals surface area contributed by atoms with E-state index in [4.69, 9.17) is 15.0 Å². The average molecular weight is 715 g/mol. The van der Waals surface area contributed by atoms with Gasteiger partial charge in [0, 0.05) is 44.9 Å². The highest BCUT2D eigenvalue weighted by Gasteiger charge is 2.39. The van der Waals surface area contributed by atoms with Gasteiger partial charge in [-0.05, 0) is 98.0 Å². The van der Waals surface area contributed by atoms with Gasteiger partial charge in [0.1, 0.15) is 0 Å². The second-order valence-corrected chi connectivity index (χ2v) is 15.9. The van der Waals surface area contributed by atoms with Crippen LogP contribution in [-0.4, -0.2) is 36.2 Å². The van der Waals surface area contributed by atoms with Crippen LogP contribution in [0.4, 0.5) is 5.69 Å². The third-order valence-corrected chi connectivity index (χ3v) is 12.4. The summed E-state index contributed by atoms with van der Waals surface area (Å²) in [6.45, 7) is 4.85. The van der Waals surface area contributed by atoms with Crippen LogP contribution in [0.15, 0.2) is 146 Å². The van der Waals surface area contributed by atoms with Crippen molar-refractivity contribution in [2.75, 3.05) is 4.90 Å². The lowest BCUT2D eigenvalue weighted by Crippen LogP contribution is -2.51. The molecule has 4 heterocycles. The minimum atomic E-state index is 0.437. The molecule has 2 aliphatic rings. The molecule has 6 aromatic carbocycles. The van der Waals surface area contributed by atoms with E-state index in [1.165, 1.54) is 64.0 Å². The summed E-state index contributed by atoms with van der Waals surface area (Å²) < 4.78 is 4.46. The molecule has 1 saturated carbocycles. The summed E-state index contributed by atoms with van der Waals surface area (Å²) in [5.74, 6) is 3.43. The van der Waals surface area contributed by atoms with Crippen molar-refractivity contribution in [3.05, 3.63) is 146 Å². The average Bonchev–Trinajstić information content (AvgIpc) is 3.74. The predicted octanol–water partition coefficient (Wildman–Crippen LogP) is 11.8. The summed E-state index contributed by atoms with van der Waals surface area (Å²) in [7, 11) is 0. The quantitative estimate of drug-likeness (QED) is 0.178. The molecule has 3 aromatic heterocycles. The molecule has 6 heteroatoms. The molecule has 1 saturated heterocycles. The largest absolute Gasteiger partial charge is 0.365 e. The molecule has 2 fully saturated rings. The maximum Gasteiger partial charge on any atom is 0.240 e. The van der Waals surface area contributed by atoms with E-state index in [1.54, 1.807) is 0 Å². The van der Waals surface area contributed by atoms with Gasteiger partial charge in [-0.1, -0.05) is 110 Å². The van der Waals surface area contributed by atoms with Crippen molar-refractivity contribution in [1.82, 2.24) is 24.1 Å². The Bertz CT molecular complexity index is 2850. The minimum Gasteiger partial charge on any atom is -0.365 e. The third kappa shape index (κ3) is 5.19. The lowest BCUT2D eigenvalue weighted by Gasteiger charge is -2.50. The summed E-state index contributed by atoms with van der Waals surface area (Å²) in [4.78, 5) is 19.1. The molecule has 1 aliphatic heterocycles. The molecule has 0 amide bonds. The number of fused-ring (bicyclic) bond motifs is 8. The molecule has 6 nitrogen and oxygen atoms in total. The van der Waals surface area contributed by atoms with Gasteiger partial charge in [0.25, 0.3) is 0 Å². The Hall–Kier alpha value is -6.27. The molecule has 1 aliphatic carbocycles. The number of anilines is 1. The molecular formula is C49H42N6. The van der Waals surface area contributed by atoms with E-state index >= 15 is 0 Å². The lowest BCUT2D eigenvalue weighted by atomic mass is 9.72. The zero-order valence-corrected chi connectivity index (χ0v) is 31.2. The molecule has 55 heavy (non-hydrogen) atoms. The molecule has 2 bridgehead atoms. The monoisotopic (exact) mass is 714 g/mol. The molecule has 268 valence electrons. The van der Waals surface area contributed by atoms with Crippen LogP contribution in [0.5, 0.6) is 0 Å². The molecule has 11 rings (SSSR count). The van der Waals surface area contributed by atoms with E-state index in [-0.39, 0.29) is 0 Å². The Balaban J connectivity index is 1.19. The first kappa shape index (κ1) is 32.2. The smallest absolute Gasteiger partial charge is 0.240 e. The van der Waals surface area contributed by atoms with Crippen molar-refractivity contribution >= 4 is 49.3 Å². The highest BCUT2D eigenvalue weighted by molar-refractivity contribution is 6.11. The number of hydrogen-bond donors (Lipinski definition) is 0. The Morgan fingerprint density at radius 2 is 1.04 bits per heavy atom. The van der Waals surface area contributed by atoms with Crippen molar-refractivity contribution in [2.45, 2.75) is 51.6 Å². The number of benzene rings is 6. The van der Waals surface area contributed by atoms with Crippen LogP contribution in [0.1, 0.15) is 39.5 Å². The van der Waals surface area contributed by atoms with Gasteiger partial charge in [0.05, 0.1) is 22.1 Å². The number of rotatable bonds is 5. The lowest BCUT2D eigenvalue weighted by molar-refractivity contribution is 0.179. The second kappa shape index (κ2) is 12.7. The zero-order valence-electron chi connectivity index (χ0n) is 31.2. The number of para-hydroxylation sites is 4. The topological polar surface area (TPSA) is 51.8 Å². The highest BCUT2D eigenvalue weighted by atomic mass is 15.3. The highest BCUT2D eigenvalue weighted by Crippen LogP contribution is 2.45. The summed E-state index contributed by atoms with van der Waals surface area (Å²) in [6, 6.07) is 52.9. The molecule has 0 radical (unpaired) electrons. The third-order valence-electron chi connectivity index (χ3n) is 12.4. The number of piperidine rings is 1. The van der Waals surface area contributed by atoms with Crippen LogP contribution in [-0.2, 0) is 0 Å². The fraction of sp³-hybridized carbons (Fsp3) is 0.204. The van der Waals surface area contributed by atoms with Crippen molar-refractivity contribution in [1.29, 1.82) is 0 Å². The van der Waals surface area contributed by atoms with E-state index in [0.29, 0.717) is 29.8 Å². The van der Waals surface area contributed by atoms with Crippen LogP contribution >= 0.6 is 0 Å². The minimum absolute atomic E-state index is 0.437. The molecule has 0 N–H and O–H groups in total. The van der Waals surface area contributed by atoms with E-state index in [2.05, 4.69) is 173 Å². The van der Waals surface area contributed by atoms with Gasteiger partial charge in [-0.2, -0.15) is 15.0 Å². The first-order valence-electron chi connectivity index (χ1n) is 19.8. The number of aromatic nitrogens is 5. The summed E-state index contributed by atoms with van der Waals surface area (Å²) in [5.41, 5.74) is 8.90. The van der Waals surface area contributed by atoms with E-state index in [1.807, 2.05) is 0 Å². The van der Waals surface area contributed by atoms with Gasteiger partial charge in [-0.25, -0.2) is 0 Å². The van der Waals surface area contributed by atoms with Crippen molar-refractivity contribution in [2.24, 2.45) is 11.8 Å². The molecule has 0 spiro atoms. The van der Waals surface area contributed by atoms with E-state index in [9.17, 15) is 0 Å². The predicted molar refractivity (Wildman–Crippen MR) is 226 cm³/mol. The zero-order chi connectivity index (χ0) is 36.6. The van der Waals surface area contributed by atoms with Crippen LogP contribution in [0.3, 0.4) is 0 Å². The number of hydrogen-bond acceptors (Lipinski definition) is 4. The summed E-state index contributed by atoms with van der Waals surface area (Å²) in [6.07, 6.45) is 5.04. The fourth-order valence-electron chi connectivity index (χ4n) is 10.2. The van der Waals surface area contributed by atoms with Crippen LogP contribution < -0.4 is 4.90 Å². The Morgan fingerprint density at radius 1 is 0.473 bits per heavy atom. The van der Waals surface area contributed by atoms with Gasteiger partial charge in [-0.3, -0.25) is 9.13 Å². The maximum atomic E-state index is 5.47. The van der Waals surface area contributed by atoms with Crippen LogP contribution in [0, 0.1) is 11.8 Å². The van der Waals surface area contributed by atoms with Gasteiger partial charge in [0.2, 0.25) is 11.9 Å². The number of nitrogens with zero attached hydrogens (tertiary/aromatic N) is 6. The van der Waals surface area contributed by atoms with Gasteiger partial charge >= 0.3 is 0 Å². The first-order valence-corrected chi connectivity index (χ1v) is 19.8. The second-order valence-electron chi connectivity index (χ2n) is 15.9. The fourth-order valence-corrected chi connectivity index (χ4v) is 10.2. The van der Waals surface area contributed by atoms with Gasteiger partial charge in [0.15, 0.2) is 5.82 Å². The van der Waals surface area contributed by atoms with E-state index < -0.39 is 0 Å². The normalized spacial score (nSPS) is 19.9. The molecule has 4 atom stereocenters.